The molecular formula is C12H14N2O2S2. The molecule has 4 nitrogen and oxygen atoms in total. The van der Waals surface area contributed by atoms with Crippen LogP contribution in [0.25, 0.3) is 0 Å². The Hall–Kier alpha value is -1.40. The van der Waals surface area contributed by atoms with Gasteiger partial charge in [0.15, 0.2) is 9.84 Å². The van der Waals surface area contributed by atoms with Crippen LogP contribution in [0.15, 0.2) is 34.7 Å². The van der Waals surface area contributed by atoms with E-state index >= 15 is 0 Å². The van der Waals surface area contributed by atoms with Crippen molar-refractivity contribution in [3.05, 3.63) is 40.9 Å². The number of anilines is 1. The topological polar surface area (TPSA) is 59.1 Å². The van der Waals surface area contributed by atoms with Crippen LogP contribution >= 0.6 is 11.5 Å². The van der Waals surface area contributed by atoms with Gasteiger partial charge in [0.2, 0.25) is 0 Å². The van der Waals surface area contributed by atoms with Gasteiger partial charge in [-0.05, 0) is 36.2 Å². The molecule has 0 saturated heterocycles. The Balaban J connectivity index is 2.20. The summed E-state index contributed by atoms with van der Waals surface area (Å²) in [4.78, 5) is 0.371. The molecule has 1 heterocycles. The van der Waals surface area contributed by atoms with Gasteiger partial charge in [0.1, 0.15) is 0 Å². The first-order chi connectivity index (χ1) is 8.47. The summed E-state index contributed by atoms with van der Waals surface area (Å²) >= 11 is 1.40. The average Bonchev–Trinajstić information content (AvgIpc) is 2.79. The van der Waals surface area contributed by atoms with E-state index in [-0.39, 0.29) is 0 Å². The third kappa shape index (κ3) is 3.08. The summed E-state index contributed by atoms with van der Waals surface area (Å²) < 4.78 is 27.2. The van der Waals surface area contributed by atoms with Crippen molar-refractivity contribution < 1.29 is 8.42 Å². The van der Waals surface area contributed by atoms with E-state index in [0.29, 0.717) is 11.4 Å². The molecule has 0 atom stereocenters. The molecule has 0 spiro atoms. The van der Waals surface area contributed by atoms with Gasteiger partial charge in [-0.2, -0.15) is 0 Å². The van der Waals surface area contributed by atoms with Crippen molar-refractivity contribution in [1.82, 2.24) is 4.37 Å². The Morgan fingerprint density at radius 2 is 2.17 bits per heavy atom. The molecule has 2 aromatic rings. The maximum absolute atomic E-state index is 11.6. The van der Waals surface area contributed by atoms with Gasteiger partial charge >= 0.3 is 0 Å². The summed E-state index contributed by atoms with van der Waals surface area (Å²) in [7, 11) is -3.18. The molecule has 0 amide bonds. The van der Waals surface area contributed by atoms with Crippen LogP contribution in [0.4, 0.5) is 5.69 Å². The highest BCUT2D eigenvalue weighted by atomic mass is 32.2. The molecule has 0 radical (unpaired) electrons. The van der Waals surface area contributed by atoms with E-state index in [2.05, 4.69) is 9.69 Å². The molecule has 6 heteroatoms. The molecule has 1 aromatic carbocycles. The molecule has 0 aliphatic rings. The summed E-state index contributed by atoms with van der Waals surface area (Å²) in [5.74, 6) is 0. The van der Waals surface area contributed by atoms with E-state index in [0.717, 1.165) is 16.8 Å². The fraction of sp³-hybridized carbons (Fsp3) is 0.250. The minimum atomic E-state index is -3.18. The molecule has 0 bridgehead atoms. The van der Waals surface area contributed by atoms with Crippen LogP contribution in [0.2, 0.25) is 0 Å². The van der Waals surface area contributed by atoms with Crippen molar-refractivity contribution >= 4 is 27.1 Å². The van der Waals surface area contributed by atoms with E-state index in [1.165, 1.54) is 17.8 Å². The third-order valence-electron chi connectivity index (χ3n) is 2.57. The van der Waals surface area contributed by atoms with E-state index in [4.69, 9.17) is 0 Å². The largest absolute Gasteiger partial charge is 0.381 e. The Bertz CT molecular complexity index is 634. The molecule has 0 unspecified atom stereocenters. The summed E-state index contributed by atoms with van der Waals surface area (Å²) in [6.45, 7) is 2.44. The third-order valence-corrected chi connectivity index (χ3v) is 4.44. The van der Waals surface area contributed by atoms with Crippen LogP contribution in [0.5, 0.6) is 0 Å². The zero-order chi connectivity index (χ0) is 13.2. The second-order valence-corrected chi connectivity index (χ2v) is 6.78. The molecule has 18 heavy (non-hydrogen) atoms. The van der Waals surface area contributed by atoms with Gasteiger partial charge in [-0.1, -0.05) is 6.07 Å². The fourth-order valence-electron chi connectivity index (χ4n) is 1.63. The van der Waals surface area contributed by atoms with Crippen molar-refractivity contribution in [1.29, 1.82) is 0 Å². The highest BCUT2D eigenvalue weighted by Gasteiger charge is 2.11. The summed E-state index contributed by atoms with van der Waals surface area (Å²) in [6.07, 6.45) is 3.02. The van der Waals surface area contributed by atoms with Crippen LogP contribution in [-0.4, -0.2) is 19.0 Å². The van der Waals surface area contributed by atoms with Crippen LogP contribution in [0, 0.1) is 6.92 Å². The van der Waals surface area contributed by atoms with E-state index in [9.17, 15) is 8.42 Å². The highest BCUT2D eigenvalue weighted by molar-refractivity contribution is 7.90. The Labute approximate surface area is 111 Å². The van der Waals surface area contributed by atoms with Crippen LogP contribution in [-0.2, 0) is 16.4 Å². The fourth-order valence-corrected chi connectivity index (χ4v) is 3.16. The molecule has 0 fully saturated rings. The predicted molar refractivity (Wildman–Crippen MR) is 73.7 cm³/mol. The SMILES string of the molecule is Cc1ccc(NCc2cnsc2)cc1S(C)(=O)=O. The summed E-state index contributed by atoms with van der Waals surface area (Å²) in [5, 5.41) is 5.15. The molecule has 1 aromatic heterocycles. The Morgan fingerprint density at radius 1 is 1.39 bits per heavy atom. The van der Waals surface area contributed by atoms with E-state index < -0.39 is 9.84 Å². The van der Waals surface area contributed by atoms with Gasteiger partial charge in [0.25, 0.3) is 0 Å². The molecule has 2 rings (SSSR count). The first kappa shape index (κ1) is 13.0. The number of aryl methyl sites for hydroxylation is 1. The quantitative estimate of drug-likeness (QED) is 0.936. The first-order valence-corrected chi connectivity index (χ1v) is 8.12. The zero-order valence-electron chi connectivity index (χ0n) is 10.2. The highest BCUT2D eigenvalue weighted by Crippen LogP contribution is 2.20. The number of benzene rings is 1. The summed E-state index contributed by atoms with van der Waals surface area (Å²) in [5.41, 5.74) is 2.65. The normalized spacial score (nSPS) is 11.4. The smallest absolute Gasteiger partial charge is 0.175 e. The minimum Gasteiger partial charge on any atom is -0.381 e. The lowest BCUT2D eigenvalue weighted by molar-refractivity contribution is 0.601. The maximum Gasteiger partial charge on any atom is 0.175 e. The van der Waals surface area contributed by atoms with Gasteiger partial charge in [0.05, 0.1) is 4.90 Å². The van der Waals surface area contributed by atoms with Crippen LogP contribution in [0.1, 0.15) is 11.1 Å². The molecule has 96 valence electrons. The molecule has 0 aliphatic carbocycles. The van der Waals surface area contributed by atoms with Gasteiger partial charge in [-0.25, -0.2) is 12.8 Å². The molecule has 1 N–H and O–H groups in total. The molecular weight excluding hydrogens is 268 g/mol. The zero-order valence-corrected chi connectivity index (χ0v) is 11.8. The second-order valence-electron chi connectivity index (χ2n) is 4.14. The lowest BCUT2D eigenvalue weighted by Gasteiger charge is -2.09. The molecule has 0 saturated carbocycles. The monoisotopic (exact) mass is 282 g/mol. The van der Waals surface area contributed by atoms with Crippen molar-refractivity contribution in [3.8, 4) is 0 Å². The van der Waals surface area contributed by atoms with E-state index in [1.807, 2.05) is 17.5 Å². The van der Waals surface area contributed by atoms with Crippen LogP contribution in [0.3, 0.4) is 0 Å². The van der Waals surface area contributed by atoms with Crippen molar-refractivity contribution in [2.75, 3.05) is 11.6 Å². The number of hydrogen-bond donors (Lipinski definition) is 1. The average molecular weight is 282 g/mol. The van der Waals surface area contributed by atoms with Crippen molar-refractivity contribution in [2.45, 2.75) is 18.4 Å². The van der Waals surface area contributed by atoms with Gasteiger partial charge < -0.3 is 5.32 Å². The lowest BCUT2D eigenvalue weighted by Crippen LogP contribution is -2.03. The van der Waals surface area contributed by atoms with Crippen molar-refractivity contribution in [3.63, 3.8) is 0 Å². The maximum atomic E-state index is 11.6. The number of hydrogen-bond acceptors (Lipinski definition) is 5. The number of nitrogens with zero attached hydrogens (tertiary/aromatic N) is 1. The second kappa shape index (κ2) is 5.07. The number of rotatable bonds is 4. The van der Waals surface area contributed by atoms with Crippen molar-refractivity contribution in [2.24, 2.45) is 0 Å². The van der Waals surface area contributed by atoms with E-state index in [1.54, 1.807) is 19.2 Å². The number of nitrogens with one attached hydrogen (secondary N) is 1. The van der Waals surface area contributed by atoms with Crippen LogP contribution < -0.4 is 5.32 Å². The lowest BCUT2D eigenvalue weighted by atomic mass is 10.2. The number of sulfone groups is 1. The molecule has 0 aliphatic heterocycles. The minimum absolute atomic E-state index is 0.371. The summed E-state index contributed by atoms with van der Waals surface area (Å²) in [6, 6.07) is 5.36. The van der Waals surface area contributed by atoms with Gasteiger partial charge in [-0.15, -0.1) is 0 Å². The predicted octanol–water partition coefficient (Wildman–Crippen LogP) is 2.47. The Morgan fingerprint density at radius 3 is 2.78 bits per heavy atom. The Kier molecular flexibility index (Phi) is 3.68. The van der Waals surface area contributed by atoms with Gasteiger partial charge in [0, 0.05) is 35.6 Å². The van der Waals surface area contributed by atoms with Gasteiger partial charge in [-0.3, -0.25) is 0 Å². The number of aromatic nitrogens is 1. The first-order valence-electron chi connectivity index (χ1n) is 5.39. The standard InChI is InChI=1S/C12H14N2O2S2/c1-9-3-4-11(5-12(9)18(2,15)16)13-6-10-7-14-17-8-10/h3-5,7-8,13H,6H2,1-2H3.